The Hall–Kier alpha value is -0.820. The van der Waals surface area contributed by atoms with Gasteiger partial charge in [-0.05, 0) is 35.5 Å². The first kappa shape index (κ1) is 14.6. The van der Waals surface area contributed by atoms with E-state index in [4.69, 9.17) is 0 Å². The molecule has 2 rings (SSSR count). The van der Waals surface area contributed by atoms with Crippen molar-refractivity contribution < 1.29 is 13.0 Å². The van der Waals surface area contributed by atoms with E-state index in [2.05, 4.69) is 15.9 Å². The summed E-state index contributed by atoms with van der Waals surface area (Å²) in [6, 6.07) is 7.51. The first-order valence-corrected chi connectivity index (χ1v) is 9.13. The molecule has 0 bridgehead atoms. The lowest BCUT2D eigenvalue weighted by Gasteiger charge is -2.05. The Morgan fingerprint density at radius 3 is 2.53 bits per heavy atom. The van der Waals surface area contributed by atoms with Crippen molar-refractivity contribution in [1.82, 2.24) is 0 Å². The van der Waals surface area contributed by atoms with Gasteiger partial charge in [-0.1, -0.05) is 28.1 Å². The molecule has 0 radical (unpaired) electrons. The molecule has 1 unspecified atom stereocenters. The van der Waals surface area contributed by atoms with Crippen LogP contribution in [0.3, 0.4) is 0 Å². The summed E-state index contributed by atoms with van der Waals surface area (Å²) in [5, 5.41) is 2.54. The average molecular weight is 359 g/mol. The quantitative estimate of drug-likeness (QED) is 0.777. The number of sulfone groups is 1. The summed E-state index contributed by atoms with van der Waals surface area (Å²) in [7, 11) is -3.31. The predicted octanol–water partition coefficient (Wildman–Crippen LogP) is 3.04. The van der Waals surface area contributed by atoms with Gasteiger partial charge in [0.25, 0.3) is 0 Å². The smallest absolute Gasteiger partial charge is 0.199 e. The minimum absolute atomic E-state index is 0.177. The Balaban J connectivity index is 1.99. The second-order valence-electron chi connectivity index (χ2n) is 3.90. The molecule has 1 aliphatic heterocycles. The van der Waals surface area contributed by atoms with Crippen LogP contribution in [-0.2, 0) is 26.8 Å². The Kier molecular flexibility index (Phi) is 4.67. The zero-order valence-electron chi connectivity index (χ0n) is 9.82. The van der Waals surface area contributed by atoms with Crippen LogP contribution in [0.4, 0.5) is 0 Å². The maximum Gasteiger partial charge on any atom is 0.199 e. The van der Waals surface area contributed by atoms with Gasteiger partial charge >= 0.3 is 0 Å². The molecule has 19 heavy (non-hydrogen) atoms. The number of benzene rings is 1. The monoisotopic (exact) mass is 358 g/mol. The first-order chi connectivity index (χ1) is 8.97. The summed E-state index contributed by atoms with van der Waals surface area (Å²) in [5.41, 5.74) is 0.938. The van der Waals surface area contributed by atoms with Gasteiger partial charge in [-0.3, -0.25) is 0 Å². The molecule has 3 nitrogen and oxygen atoms in total. The molecule has 1 heterocycles. The third-order valence-electron chi connectivity index (χ3n) is 2.45. The van der Waals surface area contributed by atoms with E-state index >= 15 is 0 Å². The number of rotatable bonds is 4. The number of hydrogen-bond acceptors (Lipinski definition) is 3. The molecule has 1 aliphatic rings. The molecule has 1 atom stereocenters. The largest absolute Gasteiger partial charge is 0.612 e. The van der Waals surface area contributed by atoms with Crippen LogP contribution in [0.5, 0.6) is 0 Å². The molecule has 0 N–H and O–H groups in total. The molecule has 0 fully saturated rings. The Morgan fingerprint density at radius 2 is 1.95 bits per heavy atom. The summed E-state index contributed by atoms with van der Waals surface area (Å²) in [6.45, 7) is 0. The minimum atomic E-state index is -3.31. The van der Waals surface area contributed by atoms with E-state index < -0.39 is 21.0 Å². The summed E-state index contributed by atoms with van der Waals surface area (Å²) in [5.74, 6) is 0.366. The van der Waals surface area contributed by atoms with E-state index in [1.54, 1.807) is 0 Å². The Morgan fingerprint density at radius 1 is 1.26 bits per heavy atom. The molecular formula is C13H11BrO3S2. The lowest BCUT2D eigenvalue weighted by atomic mass is 10.2. The number of halogens is 1. The van der Waals surface area contributed by atoms with E-state index in [1.165, 1.54) is 23.6 Å². The summed E-state index contributed by atoms with van der Waals surface area (Å²) < 4.78 is 35.7. The highest BCUT2D eigenvalue weighted by atomic mass is 79.9. The van der Waals surface area contributed by atoms with Crippen molar-refractivity contribution in [1.29, 1.82) is 0 Å². The van der Waals surface area contributed by atoms with Crippen LogP contribution >= 0.6 is 15.9 Å². The van der Waals surface area contributed by atoms with E-state index in [0.29, 0.717) is 5.75 Å². The van der Waals surface area contributed by atoms with Crippen LogP contribution in [0.1, 0.15) is 5.56 Å². The van der Waals surface area contributed by atoms with Gasteiger partial charge in [0.1, 0.15) is 11.2 Å². The number of allylic oxidation sites excluding steroid dienone is 3. The van der Waals surface area contributed by atoms with Crippen molar-refractivity contribution in [3.8, 4) is 0 Å². The number of hydrogen-bond donors (Lipinski definition) is 0. The van der Waals surface area contributed by atoms with Crippen LogP contribution in [0.25, 0.3) is 0 Å². The van der Waals surface area contributed by atoms with Gasteiger partial charge in [0.15, 0.2) is 9.84 Å². The highest BCUT2D eigenvalue weighted by Crippen LogP contribution is 2.19. The highest BCUT2D eigenvalue weighted by Gasteiger charge is 2.16. The van der Waals surface area contributed by atoms with Crippen LogP contribution in [0.2, 0.25) is 0 Å². The second-order valence-corrected chi connectivity index (χ2v) is 7.97. The predicted molar refractivity (Wildman–Crippen MR) is 81.3 cm³/mol. The summed E-state index contributed by atoms with van der Waals surface area (Å²) in [6.07, 6.45) is 4.35. The third kappa shape index (κ3) is 4.07. The lowest BCUT2D eigenvalue weighted by Crippen LogP contribution is -2.01. The zero-order valence-corrected chi connectivity index (χ0v) is 13.0. The molecule has 0 amide bonds. The van der Waals surface area contributed by atoms with E-state index in [-0.39, 0.29) is 4.91 Å². The van der Waals surface area contributed by atoms with Gasteiger partial charge in [0, 0.05) is 21.5 Å². The van der Waals surface area contributed by atoms with Crippen molar-refractivity contribution in [3.63, 3.8) is 0 Å². The SMILES string of the molecule is O=S1(=O)C=CC=C1C=C[S+]([O-])Cc1ccc(Br)cc1. The molecular weight excluding hydrogens is 348 g/mol. The molecule has 0 aromatic heterocycles. The fourth-order valence-electron chi connectivity index (χ4n) is 1.50. The van der Waals surface area contributed by atoms with Crippen LogP contribution < -0.4 is 0 Å². The standard InChI is InChI=1S/C13H11BrO3S2/c14-12-5-3-11(4-6-12)10-18(15)8-7-13-2-1-9-19(13,16)17/h1-9H,10H2. The van der Waals surface area contributed by atoms with Gasteiger partial charge in [0.05, 0.1) is 4.91 Å². The van der Waals surface area contributed by atoms with Gasteiger partial charge in [-0.25, -0.2) is 8.42 Å². The molecule has 0 saturated heterocycles. The molecule has 1 aromatic rings. The van der Waals surface area contributed by atoms with Crippen molar-refractivity contribution in [3.05, 3.63) is 68.3 Å². The maximum absolute atomic E-state index is 11.8. The summed E-state index contributed by atoms with van der Waals surface area (Å²) in [4.78, 5) is 0.177. The van der Waals surface area contributed by atoms with Crippen LogP contribution in [-0.4, -0.2) is 13.0 Å². The van der Waals surface area contributed by atoms with E-state index in [1.807, 2.05) is 24.3 Å². The molecule has 1 aromatic carbocycles. The fraction of sp³-hybridized carbons (Fsp3) is 0.0769. The minimum Gasteiger partial charge on any atom is -0.612 e. The van der Waals surface area contributed by atoms with Gasteiger partial charge in [-0.2, -0.15) is 0 Å². The van der Waals surface area contributed by atoms with Gasteiger partial charge < -0.3 is 4.55 Å². The topological polar surface area (TPSA) is 57.2 Å². The Labute approximate surface area is 123 Å². The average Bonchev–Trinajstić information content (AvgIpc) is 2.69. The zero-order chi connectivity index (χ0) is 13.9. The van der Waals surface area contributed by atoms with E-state index in [9.17, 15) is 13.0 Å². The van der Waals surface area contributed by atoms with E-state index in [0.717, 1.165) is 15.4 Å². The second kappa shape index (κ2) is 6.09. The normalized spacial score (nSPS) is 18.7. The lowest BCUT2D eigenvalue weighted by molar-refractivity contribution is 0.603. The van der Waals surface area contributed by atoms with Crippen molar-refractivity contribution >= 4 is 36.9 Å². The van der Waals surface area contributed by atoms with Gasteiger partial charge in [-0.15, -0.1) is 0 Å². The van der Waals surface area contributed by atoms with Gasteiger partial charge in [0.2, 0.25) is 0 Å². The van der Waals surface area contributed by atoms with Crippen LogP contribution in [0, 0.1) is 0 Å². The van der Waals surface area contributed by atoms with Crippen molar-refractivity contribution in [2.24, 2.45) is 0 Å². The third-order valence-corrected chi connectivity index (χ3v) is 5.48. The molecule has 6 heteroatoms. The molecule has 0 aliphatic carbocycles. The first-order valence-electron chi connectivity index (χ1n) is 5.41. The van der Waals surface area contributed by atoms with Crippen molar-refractivity contribution in [2.45, 2.75) is 5.75 Å². The highest BCUT2D eigenvalue weighted by molar-refractivity contribution is 9.10. The molecule has 100 valence electrons. The maximum atomic E-state index is 11.8. The Bertz CT molecular complexity index is 643. The fourth-order valence-corrected chi connectivity index (χ4v) is 3.73. The molecule has 0 spiro atoms. The van der Waals surface area contributed by atoms with Crippen molar-refractivity contribution in [2.75, 3.05) is 0 Å². The summed E-state index contributed by atoms with van der Waals surface area (Å²) >= 11 is 2.09. The molecule has 0 saturated carbocycles. The van der Waals surface area contributed by atoms with Crippen LogP contribution in [0.15, 0.2) is 62.7 Å².